The van der Waals surface area contributed by atoms with Gasteiger partial charge in [0.2, 0.25) is 5.91 Å². The molecule has 0 saturated heterocycles. The number of aromatic nitrogens is 1. The lowest BCUT2D eigenvalue weighted by atomic mass is 9.93. The Morgan fingerprint density at radius 3 is 2.53 bits per heavy atom. The molecule has 1 aromatic carbocycles. The minimum atomic E-state index is -0.895. The number of carbonyl (C=O) groups is 1. The standard InChI is InChI=1S/C24H35N3O5/c1-4-18(14-28)26-23(32)11-16-6-5-7-17(10-16)12-24(2,3)25-13-22(31)19-8-9-21(30)20(15-29)27-19/h5-10,18,22,25,28-31H,4,11-15H2,1-3H3,(H,26,32)/t18-,22?/m1/s1. The zero-order valence-corrected chi connectivity index (χ0v) is 19.0. The smallest absolute Gasteiger partial charge is 0.224 e. The summed E-state index contributed by atoms with van der Waals surface area (Å²) in [5.41, 5.74) is 2.11. The van der Waals surface area contributed by atoms with Crippen LogP contribution in [0.2, 0.25) is 0 Å². The van der Waals surface area contributed by atoms with Gasteiger partial charge in [-0.15, -0.1) is 0 Å². The summed E-state index contributed by atoms with van der Waals surface area (Å²) in [6, 6.07) is 10.5. The minimum absolute atomic E-state index is 0.0744. The van der Waals surface area contributed by atoms with E-state index in [-0.39, 0.29) is 48.5 Å². The van der Waals surface area contributed by atoms with Gasteiger partial charge in [-0.25, -0.2) is 4.98 Å². The van der Waals surface area contributed by atoms with Crippen LogP contribution in [0.3, 0.4) is 0 Å². The summed E-state index contributed by atoms with van der Waals surface area (Å²) >= 11 is 0. The third kappa shape index (κ3) is 7.87. The average molecular weight is 446 g/mol. The molecule has 2 aromatic rings. The van der Waals surface area contributed by atoms with E-state index in [1.165, 1.54) is 12.1 Å². The van der Waals surface area contributed by atoms with Crippen LogP contribution in [0.1, 0.15) is 55.8 Å². The topological polar surface area (TPSA) is 135 Å². The maximum atomic E-state index is 12.2. The Balaban J connectivity index is 1.95. The van der Waals surface area contributed by atoms with Gasteiger partial charge in [0.15, 0.2) is 0 Å². The molecule has 8 nitrogen and oxygen atoms in total. The monoisotopic (exact) mass is 445 g/mol. The summed E-state index contributed by atoms with van der Waals surface area (Å²) in [5, 5.41) is 44.7. The molecule has 32 heavy (non-hydrogen) atoms. The van der Waals surface area contributed by atoms with Gasteiger partial charge in [-0.2, -0.15) is 0 Å². The molecule has 0 saturated carbocycles. The Bertz CT molecular complexity index is 884. The number of pyridine rings is 1. The first-order valence-corrected chi connectivity index (χ1v) is 10.9. The molecule has 0 aliphatic carbocycles. The highest BCUT2D eigenvalue weighted by Gasteiger charge is 2.21. The van der Waals surface area contributed by atoms with Gasteiger partial charge in [0.1, 0.15) is 17.5 Å². The van der Waals surface area contributed by atoms with E-state index in [0.717, 1.165) is 11.1 Å². The van der Waals surface area contributed by atoms with Crippen LogP contribution in [0.4, 0.5) is 0 Å². The number of hydrogen-bond acceptors (Lipinski definition) is 7. The number of aromatic hydroxyl groups is 1. The summed E-state index contributed by atoms with van der Waals surface area (Å²) in [7, 11) is 0. The number of hydrogen-bond donors (Lipinski definition) is 6. The van der Waals surface area contributed by atoms with E-state index < -0.39 is 12.7 Å². The molecule has 2 rings (SSSR count). The zero-order chi connectivity index (χ0) is 23.7. The number of nitrogens with one attached hydrogen (secondary N) is 2. The largest absolute Gasteiger partial charge is 0.506 e. The van der Waals surface area contributed by atoms with Gasteiger partial charge in [0.05, 0.1) is 31.4 Å². The van der Waals surface area contributed by atoms with Crippen molar-refractivity contribution in [3.8, 4) is 5.75 Å². The van der Waals surface area contributed by atoms with Crippen molar-refractivity contribution in [3.63, 3.8) is 0 Å². The number of aliphatic hydroxyl groups excluding tert-OH is 3. The molecule has 1 heterocycles. The Hall–Kier alpha value is -2.52. The predicted octanol–water partition coefficient (Wildman–Crippen LogP) is 1.35. The second kappa shape index (κ2) is 11.9. The van der Waals surface area contributed by atoms with Crippen molar-refractivity contribution in [2.45, 2.75) is 64.3 Å². The normalized spacial score (nSPS) is 13.6. The molecule has 176 valence electrons. The number of rotatable bonds is 12. The lowest BCUT2D eigenvalue weighted by molar-refractivity contribution is -0.121. The Labute approximate surface area is 189 Å². The van der Waals surface area contributed by atoms with Crippen LogP contribution < -0.4 is 10.6 Å². The van der Waals surface area contributed by atoms with Gasteiger partial charge in [0.25, 0.3) is 0 Å². The van der Waals surface area contributed by atoms with Crippen LogP contribution in [0, 0.1) is 0 Å². The first-order valence-electron chi connectivity index (χ1n) is 10.9. The minimum Gasteiger partial charge on any atom is -0.506 e. The fourth-order valence-corrected chi connectivity index (χ4v) is 3.45. The number of amides is 1. The molecule has 1 aromatic heterocycles. The molecule has 0 bridgehead atoms. The van der Waals surface area contributed by atoms with E-state index in [4.69, 9.17) is 0 Å². The SMILES string of the molecule is CC[C@H](CO)NC(=O)Cc1cccc(CC(C)(C)NCC(O)c2ccc(O)c(CO)n2)c1. The van der Waals surface area contributed by atoms with Crippen molar-refractivity contribution in [3.05, 3.63) is 58.9 Å². The van der Waals surface area contributed by atoms with Crippen LogP contribution in [0.25, 0.3) is 0 Å². The van der Waals surface area contributed by atoms with Gasteiger partial charge >= 0.3 is 0 Å². The Morgan fingerprint density at radius 2 is 1.88 bits per heavy atom. The van der Waals surface area contributed by atoms with Crippen molar-refractivity contribution in [1.29, 1.82) is 0 Å². The van der Waals surface area contributed by atoms with E-state index in [9.17, 15) is 25.2 Å². The summed E-state index contributed by atoms with van der Waals surface area (Å²) in [6.45, 7) is 5.73. The first-order chi connectivity index (χ1) is 15.2. The number of β-amino-alcohol motifs (C(OH)–C–C–N with tert-alkyl or cyclic N) is 1. The highest BCUT2D eigenvalue weighted by molar-refractivity contribution is 5.78. The molecule has 1 unspecified atom stereocenters. The molecule has 0 fully saturated rings. The van der Waals surface area contributed by atoms with Crippen molar-refractivity contribution in [1.82, 2.24) is 15.6 Å². The van der Waals surface area contributed by atoms with Gasteiger partial charge in [-0.3, -0.25) is 4.79 Å². The van der Waals surface area contributed by atoms with Crippen molar-refractivity contribution < 1.29 is 25.2 Å². The second-order valence-electron chi connectivity index (χ2n) is 8.67. The molecule has 0 aliphatic rings. The summed E-state index contributed by atoms with van der Waals surface area (Å²) in [5.74, 6) is -0.223. The molecule has 1 amide bonds. The molecule has 0 aliphatic heterocycles. The van der Waals surface area contributed by atoms with Crippen LogP contribution in [-0.4, -0.2) is 56.0 Å². The third-order valence-electron chi connectivity index (χ3n) is 5.32. The number of aliphatic hydroxyl groups is 3. The first kappa shape index (κ1) is 25.7. The maximum absolute atomic E-state index is 12.2. The van der Waals surface area contributed by atoms with E-state index in [0.29, 0.717) is 18.5 Å². The zero-order valence-electron chi connectivity index (χ0n) is 19.0. The molecule has 0 spiro atoms. The Kier molecular flexibility index (Phi) is 9.59. The highest BCUT2D eigenvalue weighted by Crippen LogP contribution is 2.20. The van der Waals surface area contributed by atoms with Crippen molar-refractivity contribution in [2.24, 2.45) is 0 Å². The van der Waals surface area contributed by atoms with Crippen molar-refractivity contribution in [2.75, 3.05) is 13.2 Å². The Morgan fingerprint density at radius 1 is 1.16 bits per heavy atom. The fraction of sp³-hybridized carbons (Fsp3) is 0.500. The van der Waals surface area contributed by atoms with E-state index in [2.05, 4.69) is 15.6 Å². The quantitative estimate of drug-likeness (QED) is 0.290. The fourth-order valence-electron chi connectivity index (χ4n) is 3.45. The summed E-state index contributed by atoms with van der Waals surface area (Å²) in [4.78, 5) is 16.3. The van der Waals surface area contributed by atoms with Crippen LogP contribution in [0.15, 0.2) is 36.4 Å². The lowest BCUT2D eigenvalue weighted by Crippen LogP contribution is -2.43. The molecule has 6 N–H and O–H groups in total. The van der Waals surface area contributed by atoms with Crippen LogP contribution in [-0.2, 0) is 24.2 Å². The predicted molar refractivity (Wildman–Crippen MR) is 122 cm³/mol. The lowest BCUT2D eigenvalue weighted by Gasteiger charge is -2.28. The number of nitrogens with zero attached hydrogens (tertiary/aromatic N) is 1. The number of carbonyl (C=O) groups excluding carboxylic acids is 1. The molecule has 0 radical (unpaired) electrons. The maximum Gasteiger partial charge on any atom is 0.224 e. The highest BCUT2D eigenvalue weighted by atomic mass is 16.3. The van der Waals surface area contributed by atoms with Gasteiger partial charge in [-0.1, -0.05) is 31.2 Å². The van der Waals surface area contributed by atoms with Crippen LogP contribution >= 0.6 is 0 Å². The molecule has 2 atom stereocenters. The summed E-state index contributed by atoms with van der Waals surface area (Å²) < 4.78 is 0. The number of benzene rings is 1. The van der Waals surface area contributed by atoms with Gasteiger partial charge < -0.3 is 31.1 Å². The van der Waals surface area contributed by atoms with Crippen LogP contribution in [0.5, 0.6) is 5.75 Å². The molecule has 8 heteroatoms. The van der Waals surface area contributed by atoms with E-state index in [1.54, 1.807) is 0 Å². The third-order valence-corrected chi connectivity index (χ3v) is 5.32. The van der Waals surface area contributed by atoms with Gasteiger partial charge in [-0.05, 0) is 49.9 Å². The second-order valence-corrected chi connectivity index (χ2v) is 8.67. The van der Waals surface area contributed by atoms with Gasteiger partial charge in [0, 0.05) is 12.1 Å². The van der Waals surface area contributed by atoms with E-state index >= 15 is 0 Å². The summed E-state index contributed by atoms with van der Waals surface area (Å²) in [6.07, 6.45) is 0.702. The van der Waals surface area contributed by atoms with Crippen molar-refractivity contribution >= 4 is 5.91 Å². The average Bonchev–Trinajstić information content (AvgIpc) is 2.76. The van der Waals surface area contributed by atoms with E-state index in [1.807, 2.05) is 45.0 Å². The molecular weight excluding hydrogens is 410 g/mol. The molecular formula is C24H35N3O5.